The third-order valence-corrected chi connectivity index (χ3v) is 6.33. The second kappa shape index (κ2) is 11.3. The average molecular weight is 517 g/mol. The molecule has 5 rings (SSSR count). The highest BCUT2D eigenvalue weighted by atomic mass is 16.5. The lowest BCUT2D eigenvalue weighted by Crippen LogP contribution is -2.25. The molecule has 196 valence electrons. The van der Waals surface area contributed by atoms with E-state index < -0.39 is 11.5 Å². The largest absolute Gasteiger partial charge is 0.493 e. The molecule has 0 aliphatic carbocycles. The van der Waals surface area contributed by atoms with Crippen LogP contribution < -0.4 is 15.0 Å². The number of nitrogens with zero attached hydrogens (tertiary/aromatic N) is 4. The van der Waals surface area contributed by atoms with Crippen LogP contribution in [-0.2, 0) is 4.79 Å². The molecule has 4 aromatic rings. The molecule has 11 nitrogen and oxygen atoms in total. The Morgan fingerprint density at radius 1 is 1.11 bits per heavy atom. The van der Waals surface area contributed by atoms with Gasteiger partial charge in [0, 0.05) is 18.2 Å². The van der Waals surface area contributed by atoms with E-state index in [1.54, 1.807) is 6.08 Å². The molecule has 0 spiro atoms. The molecule has 0 atom stereocenters. The number of hydrogen-bond acceptors (Lipinski definition) is 8. The molecule has 0 bridgehead atoms. The highest BCUT2D eigenvalue weighted by molar-refractivity contribution is 5.86. The zero-order valence-electron chi connectivity index (χ0n) is 20.9. The van der Waals surface area contributed by atoms with E-state index in [-0.39, 0.29) is 11.2 Å². The van der Waals surface area contributed by atoms with Crippen LogP contribution in [0, 0.1) is 0 Å². The summed E-state index contributed by atoms with van der Waals surface area (Å²) in [6.45, 7) is 5.83. The van der Waals surface area contributed by atoms with Crippen molar-refractivity contribution in [3.8, 4) is 34.0 Å². The second-order valence-electron chi connectivity index (χ2n) is 8.89. The number of aliphatic carboxylic acids is 1. The predicted octanol–water partition coefficient (Wildman–Crippen LogP) is 3.35. The number of aromatic nitrogens is 5. The van der Waals surface area contributed by atoms with E-state index in [4.69, 9.17) is 14.6 Å². The predicted molar refractivity (Wildman–Crippen MR) is 142 cm³/mol. The number of carbonyl (C=O) groups is 1. The van der Waals surface area contributed by atoms with Gasteiger partial charge in [-0.2, -0.15) is 0 Å². The van der Waals surface area contributed by atoms with Gasteiger partial charge in [-0.3, -0.25) is 9.69 Å². The Hall–Kier alpha value is -4.51. The number of rotatable bonds is 10. The van der Waals surface area contributed by atoms with Gasteiger partial charge in [0.1, 0.15) is 23.9 Å². The molecule has 38 heavy (non-hydrogen) atoms. The van der Waals surface area contributed by atoms with Gasteiger partial charge < -0.3 is 19.6 Å². The molecule has 3 N–H and O–H groups in total. The minimum absolute atomic E-state index is 0.130. The van der Waals surface area contributed by atoms with Gasteiger partial charge in [0.2, 0.25) is 0 Å². The standard InChI is InChI=1S/C27H28N6O5/c1-2-37-22-16-18(7-8-19(22)25-28-26-24(27(36)29-25)30-32-31-26)20-15-17(6-10-23(34)35)5-9-21(20)38-14-13-33-11-3-4-12-33/h5-10,15-16H,2-4,11-14H2,1H3,(H,34,35)(H2,28,29,30,31,32,36)/b10-6+. The van der Waals surface area contributed by atoms with Crippen LogP contribution in [0.4, 0.5) is 0 Å². The van der Waals surface area contributed by atoms with E-state index in [0.29, 0.717) is 36.1 Å². The Morgan fingerprint density at radius 3 is 2.74 bits per heavy atom. The second-order valence-corrected chi connectivity index (χ2v) is 8.89. The molecule has 2 aromatic heterocycles. The summed E-state index contributed by atoms with van der Waals surface area (Å²) >= 11 is 0. The molecule has 1 fully saturated rings. The van der Waals surface area contributed by atoms with E-state index in [1.807, 2.05) is 43.3 Å². The number of H-pyrrole nitrogens is 2. The zero-order chi connectivity index (χ0) is 26.5. The fourth-order valence-corrected chi connectivity index (χ4v) is 4.51. The Morgan fingerprint density at radius 2 is 1.95 bits per heavy atom. The molecule has 2 aromatic carbocycles. The van der Waals surface area contributed by atoms with E-state index >= 15 is 0 Å². The lowest BCUT2D eigenvalue weighted by molar-refractivity contribution is -0.131. The van der Waals surface area contributed by atoms with Crippen LogP contribution >= 0.6 is 0 Å². The summed E-state index contributed by atoms with van der Waals surface area (Å²) < 4.78 is 12.1. The first-order valence-electron chi connectivity index (χ1n) is 12.5. The Kier molecular flexibility index (Phi) is 7.45. The lowest BCUT2D eigenvalue weighted by atomic mass is 9.99. The first-order chi connectivity index (χ1) is 18.5. The molecule has 1 saturated heterocycles. The monoisotopic (exact) mass is 516 g/mol. The van der Waals surface area contributed by atoms with Gasteiger partial charge in [0.05, 0.1) is 12.2 Å². The van der Waals surface area contributed by atoms with Gasteiger partial charge >= 0.3 is 5.97 Å². The van der Waals surface area contributed by atoms with Crippen molar-refractivity contribution in [1.82, 2.24) is 30.3 Å². The van der Waals surface area contributed by atoms with Gasteiger partial charge in [0.15, 0.2) is 11.2 Å². The van der Waals surface area contributed by atoms with Crippen LogP contribution in [0.15, 0.2) is 47.3 Å². The van der Waals surface area contributed by atoms with Crippen LogP contribution in [0.5, 0.6) is 11.5 Å². The van der Waals surface area contributed by atoms with Crippen LogP contribution in [0.3, 0.4) is 0 Å². The first kappa shape index (κ1) is 25.2. The number of carboxylic acids is 1. The van der Waals surface area contributed by atoms with Crippen LogP contribution in [-0.4, -0.2) is 74.2 Å². The molecule has 0 radical (unpaired) electrons. The number of carboxylic acid groups (broad SMARTS) is 1. The number of likely N-dealkylation sites (tertiary alicyclic amines) is 1. The maximum atomic E-state index is 12.5. The van der Waals surface area contributed by atoms with Crippen molar-refractivity contribution in [2.45, 2.75) is 19.8 Å². The Balaban J connectivity index is 1.52. The minimum Gasteiger partial charge on any atom is -0.493 e. The normalized spacial score (nSPS) is 13.9. The smallest absolute Gasteiger partial charge is 0.328 e. The summed E-state index contributed by atoms with van der Waals surface area (Å²) in [6, 6.07) is 11.1. The average Bonchev–Trinajstić information content (AvgIpc) is 3.61. The molecule has 1 aliphatic heterocycles. The quantitative estimate of drug-likeness (QED) is 0.270. The summed E-state index contributed by atoms with van der Waals surface area (Å²) in [6.07, 6.45) is 5.07. The SMILES string of the molecule is CCOc1cc(-c2cc(/C=C/C(=O)O)ccc2OCCN2CCCC2)ccc1-c1nc2[nH]nnc2c(=O)[nH]1. The van der Waals surface area contributed by atoms with Gasteiger partial charge in [-0.15, -0.1) is 5.10 Å². The Labute approximate surface area is 218 Å². The highest BCUT2D eigenvalue weighted by Gasteiger charge is 2.17. The molecule has 11 heteroatoms. The number of benzene rings is 2. The van der Waals surface area contributed by atoms with E-state index in [0.717, 1.165) is 42.4 Å². The Bertz CT molecular complexity index is 1540. The van der Waals surface area contributed by atoms with Crippen molar-refractivity contribution in [3.05, 3.63) is 58.4 Å². The van der Waals surface area contributed by atoms with Gasteiger partial charge in [-0.25, -0.2) is 14.9 Å². The minimum atomic E-state index is -1.02. The number of fused-ring (bicyclic) bond motifs is 1. The van der Waals surface area contributed by atoms with Crippen molar-refractivity contribution >= 4 is 23.2 Å². The molecule has 3 heterocycles. The van der Waals surface area contributed by atoms with Crippen molar-refractivity contribution in [2.24, 2.45) is 0 Å². The van der Waals surface area contributed by atoms with Crippen molar-refractivity contribution in [3.63, 3.8) is 0 Å². The summed E-state index contributed by atoms with van der Waals surface area (Å²) in [5, 5.41) is 19.1. The summed E-state index contributed by atoms with van der Waals surface area (Å²) in [7, 11) is 0. The van der Waals surface area contributed by atoms with Crippen LogP contribution in [0.25, 0.3) is 39.8 Å². The highest BCUT2D eigenvalue weighted by Crippen LogP contribution is 2.37. The fraction of sp³-hybridized carbons (Fsp3) is 0.296. The molecule has 0 saturated carbocycles. The number of hydrogen-bond donors (Lipinski definition) is 3. The number of nitrogens with one attached hydrogen (secondary N) is 2. The molecule has 0 unspecified atom stereocenters. The van der Waals surface area contributed by atoms with Gasteiger partial charge in [0.25, 0.3) is 5.56 Å². The molecule has 0 amide bonds. The van der Waals surface area contributed by atoms with Crippen LogP contribution in [0.2, 0.25) is 0 Å². The maximum Gasteiger partial charge on any atom is 0.328 e. The molecular formula is C27H28N6O5. The topological polar surface area (TPSA) is 146 Å². The van der Waals surface area contributed by atoms with Gasteiger partial charge in [-0.05, 0) is 74.3 Å². The van der Waals surface area contributed by atoms with Crippen LogP contribution in [0.1, 0.15) is 25.3 Å². The van der Waals surface area contributed by atoms with Crippen molar-refractivity contribution in [2.75, 3.05) is 32.8 Å². The molecule has 1 aliphatic rings. The number of ether oxygens (including phenoxy) is 2. The lowest BCUT2D eigenvalue weighted by Gasteiger charge is -2.18. The van der Waals surface area contributed by atoms with E-state index in [2.05, 4.69) is 30.3 Å². The fourth-order valence-electron chi connectivity index (χ4n) is 4.51. The zero-order valence-corrected chi connectivity index (χ0v) is 20.9. The maximum absolute atomic E-state index is 12.5. The third-order valence-electron chi connectivity index (χ3n) is 6.33. The molecular weight excluding hydrogens is 488 g/mol. The van der Waals surface area contributed by atoms with Crippen molar-refractivity contribution < 1.29 is 19.4 Å². The summed E-state index contributed by atoms with van der Waals surface area (Å²) in [5.74, 6) is 0.507. The summed E-state index contributed by atoms with van der Waals surface area (Å²) in [4.78, 5) is 33.1. The van der Waals surface area contributed by atoms with E-state index in [9.17, 15) is 9.59 Å². The van der Waals surface area contributed by atoms with E-state index in [1.165, 1.54) is 12.8 Å². The van der Waals surface area contributed by atoms with Gasteiger partial charge in [-0.1, -0.05) is 17.3 Å². The number of aromatic amines is 2. The third kappa shape index (κ3) is 5.57. The van der Waals surface area contributed by atoms with Crippen molar-refractivity contribution in [1.29, 1.82) is 0 Å². The summed E-state index contributed by atoms with van der Waals surface area (Å²) in [5.41, 5.74) is 2.93. The first-order valence-corrected chi connectivity index (χ1v) is 12.5.